The Morgan fingerprint density at radius 3 is 2.67 bits per heavy atom. The normalized spacial score (nSPS) is 18.0. The smallest absolute Gasteiger partial charge is 0.337 e. The Balaban J connectivity index is 1.85. The van der Waals surface area contributed by atoms with E-state index in [4.69, 9.17) is 0 Å². The number of carboxylic acids is 1. The predicted molar refractivity (Wildman–Crippen MR) is 87.1 cm³/mol. The first-order valence-corrected chi connectivity index (χ1v) is 7.77. The molecule has 1 atom stereocenters. The van der Waals surface area contributed by atoms with Gasteiger partial charge in [-0.3, -0.25) is 0 Å². The van der Waals surface area contributed by atoms with E-state index in [0.29, 0.717) is 11.5 Å². The molecule has 4 heteroatoms. The lowest BCUT2D eigenvalue weighted by molar-refractivity contribution is 0.0697. The summed E-state index contributed by atoms with van der Waals surface area (Å²) >= 11 is 3.34. The lowest BCUT2D eigenvalue weighted by atomic mass is 9.99. The Morgan fingerprint density at radius 2 is 1.95 bits per heavy atom. The summed E-state index contributed by atoms with van der Waals surface area (Å²) in [5.41, 5.74) is 2.50. The Morgan fingerprint density at radius 1 is 1.19 bits per heavy atom. The number of carbonyl (C=O) groups is 1. The van der Waals surface area contributed by atoms with Crippen LogP contribution in [0.1, 0.15) is 28.3 Å². The second kappa shape index (κ2) is 5.90. The maximum atomic E-state index is 11.4. The second-order valence-corrected chi connectivity index (χ2v) is 6.22. The van der Waals surface area contributed by atoms with Gasteiger partial charge in [0, 0.05) is 23.5 Å². The van der Waals surface area contributed by atoms with Crippen LogP contribution in [0, 0.1) is 0 Å². The van der Waals surface area contributed by atoms with Gasteiger partial charge in [0.25, 0.3) is 0 Å². The molecule has 0 aliphatic carbocycles. The molecular weight excluding hydrogens is 330 g/mol. The lowest BCUT2D eigenvalue weighted by Gasteiger charge is -2.21. The highest BCUT2D eigenvalue weighted by atomic mass is 79.9. The summed E-state index contributed by atoms with van der Waals surface area (Å²) in [7, 11) is 0. The van der Waals surface area contributed by atoms with Gasteiger partial charge in [-0.15, -0.1) is 0 Å². The zero-order chi connectivity index (χ0) is 14.8. The molecule has 108 valence electrons. The van der Waals surface area contributed by atoms with Crippen molar-refractivity contribution in [3.63, 3.8) is 0 Å². The van der Waals surface area contributed by atoms with E-state index in [-0.39, 0.29) is 0 Å². The van der Waals surface area contributed by atoms with Crippen molar-refractivity contribution in [1.82, 2.24) is 0 Å². The third-order valence-electron chi connectivity index (χ3n) is 3.99. The number of nitrogens with zero attached hydrogens (tertiary/aromatic N) is 1. The van der Waals surface area contributed by atoms with Crippen LogP contribution >= 0.6 is 15.9 Å². The third kappa shape index (κ3) is 2.95. The van der Waals surface area contributed by atoms with E-state index < -0.39 is 5.97 Å². The van der Waals surface area contributed by atoms with Gasteiger partial charge < -0.3 is 10.0 Å². The molecule has 3 nitrogen and oxygen atoms in total. The third-order valence-corrected chi connectivity index (χ3v) is 4.48. The molecule has 2 aromatic rings. The fraction of sp³-hybridized carbons (Fsp3) is 0.235. The molecule has 0 aromatic heterocycles. The fourth-order valence-electron chi connectivity index (χ4n) is 2.93. The molecule has 0 spiro atoms. The van der Waals surface area contributed by atoms with Gasteiger partial charge in [0.1, 0.15) is 0 Å². The van der Waals surface area contributed by atoms with Crippen LogP contribution in [0.15, 0.2) is 53.0 Å². The minimum atomic E-state index is -0.880. The van der Waals surface area contributed by atoms with E-state index in [2.05, 4.69) is 45.1 Å². The van der Waals surface area contributed by atoms with E-state index in [1.165, 1.54) is 5.56 Å². The first-order valence-electron chi connectivity index (χ1n) is 6.98. The van der Waals surface area contributed by atoms with Crippen LogP contribution < -0.4 is 4.90 Å². The molecule has 0 bridgehead atoms. The average Bonchev–Trinajstić information content (AvgIpc) is 2.97. The van der Waals surface area contributed by atoms with Crippen LogP contribution in [-0.2, 0) is 0 Å². The van der Waals surface area contributed by atoms with Crippen LogP contribution in [-0.4, -0.2) is 24.2 Å². The van der Waals surface area contributed by atoms with Gasteiger partial charge >= 0.3 is 5.97 Å². The number of carboxylic acid groups (broad SMARTS) is 1. The summed E-state index contributed by atoms with van der Waals surface area (Å²) in [6.07, 6.45) is 1.05. The van der Waals surface area contributed by atoms with Crippen molar-refractivity contribution in [2.45, 2.75) is 12.3 Å². The Kier molecular flexibility index (Phi) is 3.97. The molecule has 1 N–H and O–H groups in total. The Bertz CT molecular complexity index is 657. The van der Waals surface area contributed by atoms with Crippen LogP contribution in [0.5, 0.6) is 0 Å². The van der Waals surface area contributed by atoms with Gasteiger partial charge in [0.2, 0.25) is 0 Å². The van der Waals surface area contributed by atoms with Crippen LogP contribution in [0.2, 0.25) is 0 Å². The number of benzene rings is 2. The quantitative estimate of drug-likeness (QED) is 0.908. The number of rotatable bonds is 3. The highest BCUT2D eigenvalue weighted by molar-refractivity contribution is 9.10. The standard InChI is InChI=1S/C17H16BrNO2/c18-14-6-7-16(15(10-14)17(20)21)19-9-8-13(11-19)12-4-2-1-3-5-12/h1-7,10,13H,8-9,11H2,(H,20,21). The van der Waals surface area contributed by atoms with Gasteiger partial charge in [0.05, 0.1) is 11.3 Å². The SMILES string of the molecule is O=C(O)c1cc(Br)ccc1N1CCC(c2ccccc2)C1. The van der Waals surface area contributed by atoms with Crippen molar-refractivity contribution in [3.8, 4) is 0 Å². The Hall–Kier alpha value is -1.81. The molecule has 1 aliphatic heterocycles. The summed E-state index contributed by atoms with van der Waals surface area (Å²) in [5.74, 6) is -0.411. The molecule has 1 fully saturated rings. The average molecular weight is 346 g/mol. The minimum absolute atomic E-state index is 0.359. The maximum absolute atomic E-state index is 11.4. The number of halogens is 1. The van der Waals surface area contributed by atoms with E-state index in [1.807, 2.05) is 18.2 Å². The number of aromatic carboxylic acids is 1. The second-order valence-electron chi connectivity index (χ2n) is 5.31. The summed E-state index contributed by atoms with van der Waals surface area (Å²) in [6.45, 7) is 1.76. The minimum Gasteiger partial charge on any atom is -0.478 e. The number of anilines is 1. The molecule has 3 rings (SSSR count). The molecule has 0 radical (unpaired) electrons. The number of hydrogen-bond acceptors (Lipinski definition) is 2. The molecule has 0 saturated carbocycles. The molecule has 1 heterocycles. The topological polar surface area (TPSA) is 40.5 Å². The lowest BCUT2D eigenvalue weighted by Crippen LogP contribution is -2.21. The van der Waals surface area contributed by atoms with Crippen LogP contribution in [0.25, 0.3) is 0 Å². The predicted octanol–water partition coefficient (Wildman–Crippen LogP) is 4.14. The highest BCUT2D eigenvalue weighted by Gasteiger charge is 2.26. The van der Waals surface area contributed by atoms with Crippen molar-refractivity contribution in [2.24, 2.45) is 0 Å². The van der Waals surface area contributed by atoms with Crippen molar-refractivity contribution in [3.05, 3.63) is 64.1 Å². The van der Waals surface area contributed by atoms with E-state index in [9.17, 15) is 9.90 Å². The molecule has 1 unspecified atom stereocenters. The highest BCUT2D eigenvalue weighted by Crippen LogP contribution is 2.33. The van der Waals surface area contributed by atoms with E-state index in [1.54, 1.807) is 6.07 Å². The van der Waals surface area contributed by atoms with Gasteiger partial charge in [-0.1, -0.05) is 46.3 Å². The van der Waals surface area contributed by atoms with Crippen LogP contribution in [0.3, 0.4) is 0 Å². The monoisotopic (exact) mass is 345 g/mol. The van der Waals surface area contributed by atoms with Crippen LogP contribution in [0.4, 0.5) is 5.69 Å². The largest absolute Gasteiger partial charge is 0.478 e. The summed E-state index contributed by atoms with van der Waals surface area (Å²) in [6, 6.07) is 15.9. The maximum Gasteiger partial charge on any atom is 0.337 e. The summed E-state index contributed by atoms with van der Waals surface area (Å²) < 4.78 is 0.794. The molecule has 1 aliphatic rings. The molecule has 1 saturated heterocycles. The molecule has 2 aromatic carbocycles. The zero-order valence-electron chi connectivity index (χ0n) is 11.5. The van der Waals surface area contributed by atoms with E-state index in [0.717, 1.165) is 29.7 Å². The number of hydrogen-bond donors (Lipinski definition) is 1. The Labute approximate surface area is 132 Å². The van der Waals surface area contributed by atoms with Gasteiger partial charge in [-0.2, -0.15) is 0 Å². The summed E-state index contributed by atoms with van der Waals surface area (Å²) in [5, 5.41) is 9.39. The van der Waals surface area contributed by atoms with Crippen molar-refractivity contribution in [2.75, 3.05) is 18.0 Å². The van der Waals surface area contributed by atoms with Gasteiger partial charge in [0.15, 0.2) is 0 Å². The fourth-order valence-corrected chi connectivity index (χ4v) is 3.29. The van der Waals surface area contributed by atoms with Gasteiger partial charge in [-0.05, 0) is 30.2 Å². The molecular formula is C17H16BrNO2. The summed E-state index contributed by atoms with van der Waals surface area (Å²) in [4.78, 5) is 13.6. The molecule has 0 amide bonds. The molecule has 21 heavy (non-hydrogen) atoms. The first kappa shape index (κ1) is 14.1. The first-order chi connectivity index (χ1) is 10.1. The van der Waals surface area contributed by atoms with Crippen molar-refractivity contribution in [1.29, 1.82) is 0 Å². The zero-order valence-corrected chi connectivity index (χ0v) is 13.1. The van der Waals surface area contributed by atoms with E-state index >= 15 is 0 Å². The van der Waals surface area contributed by atoms with Gasteiger partial charge in [-0.25, -0.2) is 4.79 Å². The van der Waals surface area contributed by atoms with Crippen molar-refractivity contribution < 1.29 is 9.90 Å². The van der Waals surface area contributed by atoms with Crippen molar-refractivity contribution >= 4 is 27.6 Å².